The molecular weight excluding hydrogens is 242 g/mol. The average molecular weight is 265 g/mol. The molecule has 0 radical (unpaired) electrons. The molecule has 1 aromatic carbocycles. The maximum Gasteiger partial charge on any atom is 0.414 e. The van der Waals surface area contributed by atoms with Gasteiger partial charge in [-0.2, -0.15) is 0 Å². The Bertz CT molecular complexity index is 398. The molecule has 0 aromatic heterocycles. The molecule has 0 aliphatic heterocycles. The highest BCUT2D eigenvalue weighted by Gasteiger charge is 2.24. The second-order valence-electron chi connectivity index (χ2n) is 5.49. The van der Waals surface area contributed by atoms with Crippen LogP contribution in [-0.2, 0) is 4.74 Å². The first-order chi connectivity index (χ1) is 8.83. The summed E-state index contributed by atoms with van der Waals surface area (Å²) in [5, 5.41) is 9.79. The Balaban J connectivity index is 2.90. The lowest BCUT2D eigenvalue weighted by molar-refractivity contribution is 0.0555. The second-order valence-corrected chi connectivity index (χ2v) is 5.49. The Morgan fingerprint density at radius 2 is 1.89 bits per heavy atom. The molecule has 106 valence electrons. The molecule has 0 saturated heterocycles. The van der Waals surface area contributed by atoms with Gasteiger partial charge in [0.2, 0.25) is 0 Å². The van der Waals surface area contributed by atoms with Gasteiger partial charge in [0.25, 0.3) is 0 Å². The van der Waals surface area contributed by atoms with Gasteiger partial charge in [-0.25, -0.2) is 4.79 Å². The molecule has 1 amide bonds. The minimum Gasteiger partial charge on any atom is -0.443 e. The number of hydrogen-bond acceptors (Lipinski definition) is 3. The van der Waals surface area contributed by atoms with E-state index in [9.17, 15) is 9.90 Å². The van der Waals surface area contributed by atoms with Gasteiger partial charge in [0.15, 0.2) is 0 Å². The van der Waals surface area contributed by atoms with E-state index in [0.29, 0.717) is 6.42 Å². The van der Waals surface area contributed by atoms with E-state index in [1.54, 1.807) is 0 Å². The number of benzene rings is 1. The van der Waals surface area contributed by atoms with E-state index in [4.69, 9.17) is 4.74 Å². The molecule has 0 fully saturated rings. The monoisotopic (exact) mass is 265 g/mol. The van der Waals surface area contributed by atoms with E-state index in [-0.39, 0.29) is 6.54 Å². The van der Waals surface area contributed by atoms with Crippen molar-refractivity contribution in [2.45, 2.75) is 45.8 Å². The summed E-state index contributed by atoms with van der Waals surface area (Å²) in [5.41, 5.74) is 0.172. The summed E-state index contributed by atoms with van der Waals surface area (Å²) in [6.07, 6.45) is -0.412. The van der Waals surface area contributed by atoms with E-state index in [1.165, 1.54) is 4.90 Å². The van der Waals surface area contributed by atoms with E-state index >= 15 is 0 Å². The van der Waals surface area contributed by atoms with Crippen molar-refractivity contribution in [3.05, 3.63) is 30.3 Å². The molecule has 1 N–H and O–H groups in total. The number of carbonyl (C=O) groups excluding carboxylic acids is 1. The van der Waals surface area contributed by atoms with Crippen molar-refractivity contribution in [3.63, 3.8) is 0 Å². The van der Waals surface area contributed by atoms with Crippen molar-refractivity contribution in [3.8, 4) is 0 Å². The minimum absolute atomic E-state index is 0.232. The Labute approximate surface area is 115 Å². The Kier molecular flexibility index (Phi) is 5.36. The number of para-hydroxylation sites is 1. The SMILES string of the molecule is CCC(O)CN(C(=O)OC(C)(C)C)c1ccccc1. The maximum atomic E-state index is 12.2. The number of hydrogen-bond donors (Lipinski definition) is 1. The summed E-state index contributed by atoms with van der Waals surface area (Å²) in [6.45, 7) is 7.58. The van der Waals surface area contributed by atoms with Gasteiger partial charge in [-0.1, -0.05) is 25.1 Å². The van der Waals surface area contributed by atoms with Crippen LogP contribution in [0.1, 0.15) is 34.1 Å². The van der Waals surface area contributed by atoms with Crippen LogP contribution in [0.15, 0.2) is 30.3 Å². The van der Waals surface area contributed by atoms with Crippen LogP contribution in [0.5, 0.6) is 0 Å². The van der Waals surface area contributed by atoms with Crippen molar-refractivity contribution in [1.82, 2.24) is 0 Å². The summed E-state index contributed by atoms with van der Waals surface area (Å²) in [6, 6.07) is 9.24. The number of amides is 1. The first kappa shape index (κ1) is 15.5. The molecule has 0 saturated carbocycles. The number of aliphatic hydroxyl groups is 1. The molecule has 0 aliphatic rings. The summed E-state index contributed by atoms with van der Waals surface area (Å²) in [7, 11) is 0. The van der Waals surface area contributed by atoms with Gasteiger partial charge < -0.3 is 9.84 Å². The fourth-order valence-electron chi connectivity index (χ4n) is 1.55. The summed E-state index contributed by atoms with van der Waals surface area (Å²) < 4.78 is 5.38. The molecular formula is C15H23NO3. The fraction of sp³-hybridized carbons (Fsp3) is 0.533. The van der Waals surface area contributed by atoms with Crippen LogP contribution in [-0.4, -0.2) is 29.4 Å². The van der Waals surface area contributed by atoms with Crippen LogP contribution in [0.2, 0.25) is 0 Å². The molecule has 4 nitrogen and oxygen atoms in total. The van der Waals surface area contributed by atoms with Crippen molar-refractivity contribution in [2.24, 2.45) is 0 Å². The lowest BCUT2D eigenvalue weighted by Gasteiger charge is -2.28. The van der Waals surface area contributed by atoms with Crippen LogP contribution in [0, 0.1) is 0 Å². The zero-order valence-electron chi connectivity index (χ0n) is 12.1. The van der Waals surface area contributed by atoms with E-state index in [0.717, 1.165) is 5.69 Å². The number of anilines is 1. The highest BCUT2D eigenvalue weighted by molar-refractivity contribution is 5.87. The number of rotatable bonds is 4. The van der Waals surface area contributed by atoms with E-state index < -0.39 is 17.8 Å². The van der Waals surface area contributed by atoms with E-state index in [2.05, 4.69) is 0 Å². The molecule has 0 heterocycles. The third kappa shape index (κ3) is 5.30. The molecule has 1 atom stereocenters. The van der Waals surface area contributed by atoms with Crippen molar-refractivity contribution >= 4 is 11.8 Å². The molecule has 19 heavy (non-hydrogen) atoms. The Hall–Kier alpha value is -1.55. The summed E-state index contributed by atoms with van der Waals surface area (Å²) in [4.78, 5) is 13.7. The quantitative estimate of drug-likeness (QED) is 0.909. The molecule has 4 heteroatoms. The van der Waals surface area contributed by atoms with Crippen LogP contribution >= 0.6 is 0 Å². The Morgan fingerprint density at radius 1 is 1.32 bits per heavy atom. The third-order valence-electron chi connectivity index (χ3n) is 2.55. The van der Waals surface area contributed by atoms with E-state index in [1.807, 2.05) is 58.0 Å². The first-order valence-electron chi connectivity index (χ1n) is 6.57. The highest BCUT2D eigenvalue weighted by atomic mass is 16.6. The molecule has 0 spiro atoms. The highest BCUT2D eigenvalue weighted by Crippen LogP contribution is 2.18. The zero-order valence-corrected chi connectivity index (χ0v) is 12.1. The van der Waals surface area contributed by atoms with Crippen LogP contribution in [0.25, 0.3) is 0 Å². The minimum atomic E-state index is -0.562. The van der Waals surface area contributed by atoms with Gasteiger partial charge >= 0.3 is 6.09 Å². The maximum absolute atomic E-state index is 12.2. The van der Waals surface area contributed by atoms with Crippen molar-refractivity contribution in [1.29, 1.82) is 0 Å². The van der Waals surface area contributed by atoms with Gasteiger partial charge in [0.1, 0.15) is 5.60 Å². The van der Waals surface area contributed by atoms with Gasteiger partial charge in [-0.05, 0) is 39.3 Å². The fourth-order valence-corrected chi connectivity index (χ4v) is 1.55. The average Bonchev–Trinajstić information content (AvgIpc) is 2.34. The predicted molar refractivity (Wildman–Crippen MR) is 76.3 cm³/mol. The molecule has 1 rings (SSSR count). The summed E-state index contributed by atoms with van der Waals surface area (Å²) in [5.74, 6) is 0. The molecule has 1 unspecified atom stereocenters. The zero-order chi connectivity index (χ0) is 14.5. The largest absolute Gasteiger partial charge is 0.443 e. The number of aliphatic hydroxyl groups excluding tert-OH is 1. The number of ether oxygens (including phenoxy) is 1. The normalized spacial score (nSPS) is 12.9. The lowest BCUT2D eigenvalue weighted by atomic mass is 10.2. The topological polar surface area (TPSA) is 49.8 Å². The van der Waals surface area contributed by atoms with Crippen molar-refractivity contribution in [2.75, 3.05) is 11.4 Å². The second kappa shape index (κ2) is 6.57. The van der Waals surface area contributed by atoms with Crippen molar-refractivity contribution < 1.29 is 14.6 Å². The predicted octanol–water partition coefficient (Wildman–Crippen LogP) is 3.20. The molecule has 0 aliphatic carbocycles. The first-order valence-corrected chi connectivity index (χ1v) is 6.57. The standard InChI is InChI=1S/C15H23NO3/c1-5-13(17)11-16(12-9-7-6-8-10-12)14(18)19-15(2,3)4/h6-10,13,17H,5,11H2,1-4H3. The number of nitrogens with zero attached hydrogens (tertiary/aromatic N) is 1. The third-order valence-corrected chi connectivity index (χ3v) is 2.55. The van der Waals surface area contributed by atoms with Gasteiger partial charge in [0, 0.05) is 5.69 Å². The smallest absolute Gasteiger partial charge is 0.414 e. The summed E-state index contributed by atoms with van der Waals surface area (Å²) >= 11 is 0. The van der Waals surface area contributed by atoms with Crippen LogP contribution in [0.4, 0.5) is 10.5 Å². The lowest BCUT2D eigenvalue weighted by Crippen LogP contribution is -2.41. The molecule has 1 aromatic rings. The Morgan fingerprint density at radius 3 is 2.37 bits per heavy atom. The number of carbonyl (C=O) groups is 1. The van der Waals surface area contributed by atoms with Gasteiger partial charge in [-0.3, -0.25) is 4.90 Å². The van der Waals surface area contributed by atoms with Crippen LogP contribution < -0.4 is 4.90 Å². The van der Waals surface area contributed by atoms with Gasteiger partial charge in [0.05, 0.1) is 12.6 Å². The van der Waals surface area contributed by atoms with Crippen LogP contribution in [0.3, 0.4) is 0 Å². The molecule has 0 bridgehead atoms. The van der Waals surface area contributed by atoms with Gasteiger partial charge in [-0.15, -0.1) is 0 Å².